The summed E-state index contributed by atoms with van der Waals surface area (Å²) in [5, 5.41) is 29.5. The highest BCUT2D eigenvalue weighted by Gasteiger charge is 2.55. The number of thiophene rings is 1. The molecule has 1 aliphatic carbocycles. The summed E-state index contributed by atoms with van der Waals surface area (Å²) in [6, 6.07) is 7.98. The summed E-state index contributed by atoms with van der Waals surface area (Å²) in [7, 11) is 1.94. The Labute approximate surface area is 150 Å². The number of likely N-dealkylation sites (N-methyl/N-ethyl adjacent to an activating group) is 1. The molecule has 2 atom stereocenters. The Morgan fingerprint density at radius 3 is 2.64 bits per heavy atom. The van der Waals surface area contributed by atoms with Crippen molar-refractivity contribution in [2.75, 3.05) is 20.1 Å². The van der Waals surface area contributed by atoms with Crippen LogP contribution < -0.4 is 5.73 Å². The van der Waals surface area contributed by atoms with E-state index in [-0.39, 0.29) is 17.2 Å². The van der Waals surface area contributed by atoms with Crippen LogP contribution in [0.2, 0.25) is 0 Å². The summed E-state index contributed by atoms with van der Waals surface area (Å²) < 4.78 is 0. The number of carboxylic acids is 1. The van der Waals surface area contributed by atoms with Crippen LogP contribution in [0.3, 0.4) is 0 Å². The molecule has 0 spiro atoms. The Bertz CT molecular complexity index is 870. The van der Waals surface area contributed by atoms with Crippen molar-refractivity contribution in [3.63, 3.8) is 0 Å². The molecule has 128 valence electrons. The normalized spacial score (nSPS) is 25.5. The van der Waals surface area contributed by atoms with E-state index in [9.17, 15) is 20.4 Å². The monoisotopic (exact) mass is 354 g/mol. The maximum Gasteiger partial charge on any atom is 0.337 e. The fourth-order valence-corrected chi connectivity index (χ4v) is 4.98. The molecule has 0 saturated carbocycles. The van der Waals surface area contributed by atoms with Gasteiger partial charge in [-0.15, -0.1) is 11.3 Å². The van der Waals surface area contributed by atoms with Gasteiger partial charge in [-0.25, -0.2) is 4.79 Å². The molecule has 0 bridgehead atoms. The summed E-state index contributed by atoms with van der Waals surface area (Å²) in [5.74, 6) is -1.94. The fourth-order valence-electron chi connectivity index (χ4n) is 3.86. The zero-order valence-corrected chi connectivity index (χ0v) is 14.8. The molecule has 0 unspecified atom stereocenters. The first kappa shape index (κ1) is 17.2. The number of aryl methyl sites for hydroxylation is 1. The van der Waals surface area contributed by atoms with Crippen molar-refractivity contribution in [1.29, 1.82) is 10.5 Å². The van der Waals surface area contributed by atoms with Crippen molar-refractivity contribution in [2.45, 2.75) is 12.8 Å². The Balaban J connectivity index is 2.35. The van der Waals surface area contributed by atoms with Gasteiger partial charge in [-0.2, -0.15) is 10.5 Å². The van der Waals surface area contributed by atoms with Gasteiger partial charge in [-0.3, -0.25) is 0 Å². The number of nitrogens with zero attached hydrogens (tertiary/aromatic N) is 3. The van der Waals surface area contributed by atoms with Crippen LogP contribution in [0, 0.1) is 40.9 Å². The molecule has 0 radical (unpaired) electrons. The third-order valence-corrected chi connectivity index (χ3v) is 6.10. The lowest BCUT2D eigenvalue weighted by atomic mass is 9.59. The number of fused-ring (bicyclic) bond motifs is 1. The average molecular weight is 354 g/mol. The van der Waals surface area contributed by atoms with Gasteiger partial charge in [0, 0.05) is 34.7 Å². The Morgan fingerprint density at radius 1 is 1.44 bits per heavy atom. The van der Waals surface area contributed by atoms with E-state index in [0.29, 0.717) is 18.7 Å². The van der Waals surface area contributed by atoms with Crippen LogP contribution in [0.25, 0.3) is 0 Å². The second kappa shape index (κ2) is 6.03. The molecule has 3 rings (SSSR count). The molecule has 1 aliphatic heterocycles. The molecular formula is C18H18N4O2S. The predicted molar refractivity (Wildman–Crippen MR) is 93.4 cm³/mol. The van der Waals surface area contributed by atoms with E-state index < -0.39 is 17.3 Å². The maximum atomic E-state index is 11.9. The molecule has 0 saturated heterocycles. The Kier molecular flexibility index (Phi) is 4.16. The fraction of sp³-hybridized carbons (Fsp3) is 0.389. The van der Waals surface area contributed by atoms with Crippen molar-refractivity contribution < 1.29 is 9.90 Å². The van der Waals surface area contributed by atoms with Crippen LogP contribution in [0.5, 0.6) is 0 Å². The highest BCUT2D eigenvalue weighted by molar-refractivity contribution is 7.12. The largest absolute Gasteiger partial charge is 0.478 e. The summed E-state index contributed by atoms with van der Waals surface area (Å²) in [5.41, 5.74) is 4.89. The van der Waals surface area contributed by atoms with Crippen LogP contribution in [0.15, 0.2) is 35.1 Å². The van der Waals surface area contributed by atoms with E-state index in [1.54, 1.807) is 0 Å². The first-order valence-corrected chi connectivity index (χ1v) is 8.68. The molecule has 0 fully saturated rings. The smallest absolute Gasteiger partial charge is 0.337 e. The minimum absolute atomic E-state index is 0.0780. The third kappa shape index (κ3) is 2.44. The molecule has 25 heavy (non-hydrogen) atoms. The maximum absolute atomic E-state index is 11.9. The van der Waals surface area contributed by atoms with E-state index in [4.69, 9.17) is 5.73 Å². The van der Waals surface area contributed by atoms with Crippen molar-refractivity contribution >= 4 is 17.3 Å². The molecule has 2 aliphatic rings. The van der Waals surface area contributed by atoms with Crippen LogP contribution in [-0.4, -0.2) is 36.1 Å². The molecule has 7 heteroatoms. The molecule has 0 amide bonds. The lowest BCUT2D eigenvalue weighted by Gasteiger charge is -2.44. The van der Waals surface area contributed by atoms with Gasteiger partial charge in [-0.1, -0.05) is 6.08 Å². The number of carbonyl (C=O) groups is 1. The number of carboxylic acid groups (broad SMARTS) is 1. The van der Waals surface area contributed by atoms with Crippen molar-refractivity contribution in [1.82, 2.24) is 4.90 Å². The number of hydrogen-bond acceptors (Lipinski definition) is 6. The standard InChI is InChI=1S/C18H18N4O2S/c1-10-3-4-13(25-10)15-12-7-22(2)6-5-11(12)14(17(23)24)16(21)18(15,8-19)9-20/h3-5,12,15H,6-7,21H2,1-2H3,(H,23,24)/t12-,15+/m1/s1. The van der Waals surface area contributed by atoms with E-state index in [1.807, 2.05) is 32.2 Å². The Hall–Kier alpha value is -2.61. The van der Waals surface area contributed by atoms with Gasteiger partial charge in [0.05, 0.1) is 23.4 Å². The topological polar surface area (TPSA) is 114 Å². The van der Waals surface area contributed by atoms with Gasteiger partial charge in [0.2, 0.25) is 0 Å². The molecule has 1 aromatic rings. The van der Waals surface area contributed by atoms with Gasteiger partial charge >= 0.3 is 5.97 Å². The summed E-state index contributed by atoms with van der Waals surface area (Å²) in [4.78, 5) is 15.9. The van der Waals surface area contributed by atoms with Crippen molar-refractivity contribution in [3.8, 4) is 12.1 Å². The van der Waals surface area contributed by atoms with Gasteiger partial charge in [-0.05, 0) is 31.7 Å². The first-order chi connectivity index (χ1) is 11.9. The molecule has 2 heterocycles. The summed E-state index contributed by atoms with van der Waals surface area (Å²) in [6.45, 7) is 3.14. The number of nitrogens with two attached hydrogens (primary N) is 1. The van der Waals surface area contributed by atoms with Gasteiger partial charge in [0.15, 0.2) is 5.41 Å². The quantitative estimate of drug-likeness (QED) is 0.839. The SMILES string of the molecule is Cc1ccc([C@@H]2[C@@H]3CN(C)CC=C3C(C(=O)O)=C(N)C2(C#N)C#N)s1. The van der Waals surface area contributed by atoms with Crippen LogP contribution >= 0.6 is 11.3 Å². The average Bonchev–Trinajstić information content (AvgIpc) is 2.99. The van der Waals surface area contributed by atoms with Crippen LogP contribution in [0.4, 0.5) is 0 Å². The van der Waals surface area contributed by atoms with Gasteiger partial charge < -0.3 is 15.7 Å². The number of aliphatic carboxylic acids is 1. The predicted octanol–water partition coefficient (Wildman–Crippen LogP) is 1.97. The highest BCUT2D eigenvalue weighted by Crippen LogP contribution is 2.55. The van der Waals surface area contributed by atoms with E-state index in [1.165, 1.54) is 11.3 Å². The third-order valence-electron chi connectivity index (χ3n) is 5.02. The van der Waals surface area contributed by atoms with Crippen LogP contribution in [0.1, 0.15) is 15.7 Å². The number of nitriles is 2. The van der Waals surface area contributed by atoms with E-state index in [2.05, 4.69) is 17.0 Å². The van der Waals surface area contributed by atoms with Crippen molar-refractivity contribution in [3.05, 3.63) is 44.8 Å². The van der Waals surface area contributed by atoms with Crippen LogP contribution in [-0.2, 0) is 4.79 Å². The lowest BCUT2D eigenvalue weighted by Crippen LogP contribution is -2.48. The zero-order chi connectivity index (χ0) is 18.4. The lowest BCUT2D eigenvalue weighted by molar-refractivity contribution is -0.132. The molecule has 6 nitrogen and oxygen atoms in total. The zero-order valence-electron chi connectivity index (χ0n) is 14.0. The number of rotatable bonds is 2. The molecule has 1 aromatic heterocycles. The number of allylic oxidation sites excluding steroid dienone is 1. The van der Waals surface area contributed by atoms with Crippen molar-refractivity contribution in [2.24, 2.45) is 17.1 Å². The number of hydrogen-bond donors (Lipinski definition) is 2. The minimum Gasteiger partial charge on any atom is -0.478 e. The van der Waals surface area contributed by atoms with E-state index in [0.717, 1.165) is 9.75 Å². The minimum atomic E-state index is -1.69. The molecular weight excluding hydrogens is 336 g/mol. The van der Waals surface area contributed by atoms with Gasteiger partial charge in [0.25, 0.3) is 0 Å². The molecule has 0 aromatic carbocycles. The second-order valence-corrected chi connectivity index (χ2v) is 7.86. The van der Waals surface area contributed by atoms with Gasteiger partial charge in [0.1, 0.15) is 0 Å². The van der Waals surface area contributed by atoms with E-state index >= 15 is 0 Å². The summed E-state index contributed by atoms with van der Waals surface area (Å²) >= 11 is 1.52. The Morgan fingerprint density at radius 2 is 2.12 bits per heavy atom. The second-order valence-electron chi connectivity index (χ2n) is 6.54. The molecule has 3 N–H and O–H groups in total. The first-order valence-electron chi connectivity index (χ1n) is 7.87. The summed E-state index contributed by atoms with van der Waals surface area (Å²) in [6.07, 6.45) is 1.86. The highest BCUT2D eigenvalue weighted by atomic mass is 32.1.